The van der Waals surface area contributed by atoms with Crippen molar-refractivity contribution in [2.24, 2.45) is 0 Å². The standard InChI is InChI=1S/C22H18F6N4O3S/c1-12(21(23,24)25)31-36(33,34)15-6-8-18(30-11-15)20-17(10-29)16-7-5-14(35-22(26,27)28)9-19(16)32(20)13-3-2-4-13/h5-9,11-13,31H,2-4H2,1H3/t12-/m1/s1. The fourth-order valence-electron chi connectivity index (χ4n) is 3.92. The van der Waals surface area contributed by atoms with Crippen molar-refractivity contribution in [3.63, 3.8) is 0 Å². The van der Waals surface area contributed by atoms with Crippen LogP contribution in [0.25, 0.3) is 22.3 Å². The van der Waals surface area contributed by atoms with E-state index in [2.05, 4.69) is 9.72 Å². The molecular formula is C22H18F6N4O3S. The molecule has 3 aromatic rings. The number of ether oxygens (including phenoxy) is 1. The van der Waals surface area contributed by atoms with Crippen LogP contribution in [0.3, 0.4) is 0 Å². The average molecular weight is 532 g/mol. The Balaban J connectivity index is 1.80. The number of benzene rings is 1. The SMILES string of the molecule is C[C@@H](NS(=O)(=O)c1ccc(-c2c(C#N)c3ccc(OC(F)(F)F)cc3n2C2CCC2)nc1)C(F)(F)F. The van der Waals surface area contributed by atoms with E-state index in [4.69, 9.17) is 0 Å². The van der Waals surface area contributed by atoms with Crippen LogP contribution in [-0.2, 0) is 10.0 Å². The summed E-state index contributed by atoms with van der Waals surface area (Å²) in [6, 6.07) is 5.44. The van der Waals surface area contributed by atoms with Crippen molar-refractivity contribution in [1.82, 2.24) is 14.3 Å². The van der Waals surface area contributed by atoms with Gasteiger partial charge in [0.15, 0.2) is 0 Å². The second-order valence-electron chi connectivity index (χ2n) is 8.28. The fraction of sp³-hybridized carbons (Fsp3) is 0.364. The number of sulfonamides is 1. The first-order valence-corrected chi connectivity index (χ1v) is 12.1. The summed E-state index contributed by atoms with van der Waals surface area (Å²) in [6.07, 6.45) is -6.60. The summed E-state index contributed by atoms with van der Waals surface area (Å²) < 4.78 is 109. The van der Waals surface area contributed by atoms with E-state index in [0.717, 1.165) is 24.8 Å². The molecule has 36 heavy (non-hydrogen) atoms. The molecule has 0 unspecified atom stereocenters. The molecule has 0 amide bonds. The van der Waals surface area contributed by atoms with Gasteiger partial charge in [-0.25, -0.2) is 8.42 Å². The van der Waals surface area contributed by atoms with Gasteiger partial charge in [0.1, 0.15) is 22.8 Å². The summed E-state index contributed by atoms with van der Waals surface area (Å²) in [5.41, 5.74) is 0.826. The highest BCUT2D eigenvalue weighted by molar-refractivity contribution is 7.89. The smallest absolute Gasteiger partial charge is 0.406 e. The average Bonchev–Trinajstić information content (AvgIpc) is 3.04. The highest BCUT2D eigenvalue weighted by Gasteiger charge is 2.39. The number of fused-ring (bicyclic) bond motifs is 1. The highest BCUT2D eigenvalue weighted by Crippen LogP contribution is 2.43. The summed E-state index contributed by atoms with van der Waals surface area (Å²) in [7, 11) is -4.55. The topological polar surface area (TPSA) is 97.0 Å². The van der Waals surface area contributed by atoms with Gasteiger partial charge in [0.2, 0.25) is 10.0 Å². The number of nitriles is 1. The Labute approximate surface area is 201 Å². The van der Waals surface area contributed by atoms with Crippen LogP contribution in [0.15, 0.2) is 41.4 Å². The lowest BCUT2D eigenvalue weighted by molar-refractivity contribution is -0.274. The predicted molar refractivity (Wildman–Crippen MR) is 115 cm³/mol. The molecule has 0 spiro atoms. The zero-order valence-corrected chi connectivity index (χ0v) is 19.3. The number of rotatable bonds is 6. The lowest BCUT2D eigenvalue weighted by atomic mass is 9.92. The van der Waals surface area contributed by atoms with Crippen molar-refractivity contribution in [3.05, 3.63) is 42.1 Å². The fourth-order valence-corrected chi connectivity index (χ4v) is 5.10. The molecule has 0 radical (unpaired) electrons. The van der Waals surface area contributed by atoms with Crippen LogP contribution in [0.4, 0.5) is 26.3 Å². The third-order valence-electron chi connectivity index (χ3n) is 5.87. The summed E-state index contributed by atoms with van der Waals surface area (Å²) in [4.78, 5) is 3.57. The number of nitrogens with zero attached hydrogens (tertiary/aromatic N) is 3. The van der Waals surface area contributed by atoms with Crippen molar-refractivity contribution in [2.75, 3.05) is 0 Å². The maximum atomic E-state index is 12.8. The Morgan fingerprint density at radius 1 is 1.17 bits per heavy atom. The number of aromatic nitrogens is 2. The van der Waals surface area contributed by atoms with Gasteiger partial charge in [-0.3, -0.25) is 4.98 Å². The van der Waals surface area contributed by atoms with E-state index >= 15 is 0 Å². The maximum absolute atomic E-state index is 12.8. The van der Waals surface area contributed by atoms with E-state index in [1.54, 1.807) is 4.57 Å². The van der Waals surface area contributed by atoms with Crippen molar-refractivity contribution in [3.8, 4) is 23.2 Å². The van der Waals surface area contributed by atoms with Gasteiger partial charge in [0, 0.05) is 23.7 Å². The highest BCUT2D eigenvalue weighted by atomic mass is 32.2. The van der Waals surface area contributed by atoms with Gasteiger partial charge in [0.25, 0.3) is 0 Å². The molecule has 7 nitrogen and oxygen atoms in total. The molecule has 1 fully saturated rings. The molecule has 1 aliphatic carbocycles. The zero-order valence-electron chi connectivity index (χ0n) is 18.5. The predicted octanol–water partition coefficient (Wildman–Crippen LogP) is 5.43. The summed E-state index contributed by atoms with van der Waals surface area (Å²) in [5, 5.41) is 10.2. The lowest BCUT2D eigenvalue weighted by Gasteiger charge is -2.30. The molecule has 0 saturated heterocycles. The molecule has 0 aliphatic heterocycles. The van der Waals surface area contributed by atoms with Crippen LogP contribution in [0.2, 0.25) is 0 Å². The molecule has 192 valence electrons. The number of hydrogen-bond acceptors (Lipinski definition) is 5. The van der Waals surface area contributed by atoms with E-state index < -0.39 is 39.2 Å². The zero-order chi connectivity index (χ0) is 26.5. The first kappa shape index (κ1) is 25.8. The van der Waals surface area contributed by atoms with Gasteiger partial charge in [0.05, 0.1) is 22.5 Å². The van der Waals surface area contributed by atoms with E-state index in [0.29, 0.717) is 30.7 Å². The van der Waals surface area contributed by atoms with Crippen LogP contribution >= 0.6 is 0 Å². The quantitative estimate of drug-likeness (QED) is 0.427. The van der Waals surface area contributed by atoms with Gasteiger partial charge in [-0.05, 0) is 50.5 Å². The van der Waals surface area contributed by atoms with Crippen molar-refractivity contribution < 1.29 is 39.5 Å². The number of halogens is 6. The van der Waals surface area contributed by atoms with E-state index in [1.807, 2.05) is 6.07 Å². The molecule has 1 atom stereocenters. The molecule has 2 aromatic heterocycles. The second-order valence-corrected chi connectivity index (χ2v) is 9.99. The number of alkyl halides is 6. The molecule has 1 saturated carbocycles. The minimum atomic E-state index is -4.91. The molecule has 1 N–H and O–H groups in total. The Bertz CT molecular complexity index is 1440. The molecule has 1 aromatic carbocycles. The van der Waals surface area contributed by atoms with Gasteiger partial charge in [-0.1, -0.05) is 0 Å². The van der Waals surface area contributed by atoms with E-state index in [1.165, 1.54) is 22.9 Å². The number of nitrogens with one attached hydrogen (secondary N) is 1. The Kier molecular flexibility index (Phi) is 6.42. The van der Waals surface area contributed by atoms with E-state index in [9.17, 15) is 40.0 Å². The van der Waals surface area contributed by atoms with Crippen LogP contribution < -0.4 is 9.46 Å². The maximum Gasteiger partial charge on any atom is 0.573 e. The first-order chi connectivity index (χ1) is 16.7. The van der Waals surface area contributed by atoms with Gasteiger partial charge in [-0.15, -0.1) is 13.2 Å². The van der Waals surface area contributed by atoms with Gasteiger partial charge < -0.3 is 9.30 Å². The van der Waals surface area contributed by atoms with Crippen LogP contribution in [-0.4, -0.2) is 36.5 Å². The second kappa shape index (κ2) is 8.97. The van der Waals surface area contributed by atoms with Crippen LogP contribution in [0, 0.1) is 11.3 Å². The summed E-state index contributed by atoms with van der Waals surface area (Å²) >= 11 is 0. The minimum absolute atomic E-state index is 0.113. The normalized spacial score (nSPS) is 15.9. The number of pyridine rings is 1. The van der Waals surface area contributed by atoms with Crippen molar-refractivity contribution in [2.45, 2.75) is 55.7 Å². The van der Waals surface area contributed by atoms with Crippen molar-refractivity contribution >= 4 is 20.9 Å². The Morgan fingerprint density at radius 2 is 1.86 bits per heavy atom. The van der Waals surface area contributed by atoms with Gasteiger partial charge in [-0.2, -0.15) is 23.2 Å². The molecule has 4 rings (SSSR count). The minimum Gasteiger partial charge on any atom is -0.406 e. The molecule has 0 bridgehead atoms. The largest absolute Gasteiger partial charge is 0.573 e. The van der Waals surface area contributed by atoms with Crippen LogP contribution in [0.5, 0.6) is 5.75 Å². The lowest BCUT2D eigenvalue weighted by Crippen LogP contribution is -2.42. The monoisotopic (exact) mass is 532 g/mol. The van der Waals surface area contributed by atoms with Gasteiger partial charge >= 0.3 is 12.5 Å². The Hall–Kier alpha value is -3.31. The van der Waals surface area contributed by atoms with Crippen molar-refractivity contribution in [1.29, 1.82) is 5.26 Å². The molecular weight excluding hydrogens is 514 g/mol. The molecule has 14 heteroatoms. The summed E-state index contributed by atoms with van der Waals surface area (Å²) in [6.45, 7) is 0.659. The van der Waals surface area contributed by atoms with Crippen LogP contribution in [0.1, 0.15) is 37.8 Å². The third-order valence-corrected chi connectivity index (χ3v) is 7.40. The third kappa shape index (κ3) is 4.98. The molecule has 2 heterocycles. The number of hydrogen-bond donors (Lipinski definition) is 1. The first-order valence-electron chi connectivity index (χ1n) is 10.6. The molecule has 1 aliphatic rings. The summed E-state index contributed by atoms with van der Waals surface area (Å²) in [5.74, 6) is -0.469. The van der Waals surface area contributed by atoms with E-state index in [-0.39, 0.29) is 23.0 Å². The Morgan fingerprint density at radius 3 is 2.36 bits per heavy atom.